The van der Waals surface area contributed by atoms with Gasteiger partial charge in [0.05, 0.1) is 32.4 Å². The Morgan fingerprint density at radius 1 is 0.970 bits per heavy atom. The summed E-state index contributed by atoms with van der Waals surface area (Å²) in [6, 6.07) is 21.7. The third-order valence-electron chi connectivity index (χ3n) is 5.06. The molecule has 3 aromatic carbocycles. The molecule has 0 saturated heterocycles. The van der Waals surface area contributed by atoms with Crippen molar-refractivity contribution in [2.45, 2.75) is 6.54 Å². The monoisotopic (exact) mass is 442 g/mol. The summed E-state index contributed by atoms with van der Waals surface area (Å²) in [6.07, 6.45) is 1.46. The summed E-state index contributed by atoms with van der Waals surface area (Å²) >= 11 is 0. The number of ether oxygens (including phenoxy) is 2. The number of rotatable bonds is 7. The van der Waals surface area contributed by atoms with Gasteiger partial charge in [-0.2, -0.15) is 10.2 Å². The Bertz CT molecular complexity index is 1380. The summed E-state index contributed by atoms with van der Waals surface area (Å²) in [5.41, 5.74) is 3.86. The Morgan fingerprint density at radius 2 is 1.70 bits per heavy atom. The number of hydrazone groups is 1. The summed E-state index contributed by atoms with van der Waals surface area (Å²) < 4.78 is 11.9. The van der Waals surface area contributed by atoms with E-state index < -0.39 is 5.91 Å². The number of aromatic nitrogens is 2. The van der Waals surface area contributed by atoms with Crippen molar-refractivity contribution in [3.05, 3.63) is 100.0 Å². The molecular formula is C25H22N4O4. The summed E-state index contributed by atoms with van der Waals surface area (Å²) in [7, 11) is 3.07. The Morgan fingerprint density at radius 3 is 2.42 bits per heavy atom. The van der Waals surface area contributed by atoms with Gasteiger partial charge < -0.3 is 9.47 Å². The largest absolute Gasteiger partial charge is 0.493 e. The first-order valence-electron chi connectivity index (χ1n) is 10.2. The van der Waals surface area contributed by atoms with Crippen molar-refractivity contribution in [2.24, 2.45) is 5.10 Å². The lowest BCUT2D eigenvalue weighted by atomic mass is 10.1. The van der Waals surface area contributed by atoms with E-state index in [1.54, 1.807) is 49.6 Å². The molecule has 0 bridgehead atoms. The van der Waals surface area contributed by atoms with Crippen molar-refractivity contribution in [1.29, 1.82) is 0 Å². The molecular weight excluding hydrogens is 420 g/mol. The van der Waals surface area contributed by atoms with E-state index in [0.29, 0.717) is 27.8 Å². The highest BCUT2D eigenvalue weighted by molar-refractivity contribution is 6.05. The van der Waals surface area contributed by atoms with Gasteiger partial charge >= 0.3 is 0 Å². The maximum absolute atomic E-state index is 13.0. The zero-order valence-electron chi connectivity index (χ0n) is 18.2. The van der Waals surface area contributed by atoms with Crippen LogP contribution in [0.3, 0.4) is 0 Å². The minimum atomic E-state index is -0.536. The molecule has 0 spiro atoms. The fraction of sp³-hybridized carbons (Fsp3) is 0.120. The van der Waals surface area contributed by atoms with E-state index in [1.807, 2.05) is 30.3 Å². The molecule has 0 atom stereocenters. The van der Waals surface area contributed by atoms with Crippen LogP contribution in [-0.4, -0.2) is 36.1 Å². The molecule has 0 aliphatic heterocycles. The molecule has 0 aliphatic rings. The second kappa shape index (κ2) is 9.78. The van der Waals surface area contributed by atoms with Gasteiger partial charge in [-0.05, 0) is 23.8 Å². The molecule has 166 valence electrons. The molecule has 33 heavy (non-hydrogen) atoms. The van der Waals surface area contributed by atoms with Crippen LogP contribution in [-0.2, 0) is 6.54 Å². The van der Waals surface area contributed by atoms with Crippen molar-refractivity contribution in [2.75, 3.05) is 14.2 Å². The van der Waals surface area contributed by atoms with E-state index >= 15 is 0 Å². The normalized spacial score (nSPS) is 11.0. The van der Waals surface area contributed by atoms with Gasteiger partial charge in [0.25, 0.3) is 11.5 Å². The van der Waals surface area contributed by atoms with Crippen LogP contribution in [0, 0.1) is 0 Å². The van der Waals surface area contributed by atoms with Gasteiger partial charge in [-0.1, -0.05) is 54.6 Å². The minimum absolute atomic E-state index is 0.107. The SMILES string of the molecule is COc1cccc(/C=N/NC(=O)c2nn(Cc3ccccc3)c(=O)c3ccccc23)c1OC. The average molecular weight is 442 g/mol. The van der Waals surface area contributed by atoms with Crippen molar-refractivity contribution in [3.63, 3.8) is 0 Å². The maximum atomic E-state index is 13.0. The number of nitrogens with one attached hydrogen (secondary N) is 1. The fourth-order valence-corrected chi connectivity index (χ4v) is 3.49. The van der Waals surface area contributed by atoms with Gasteiger partial charge in [0.15, 0.2) is 17.2 Å². The number of carbonyl (C=O) groups is 1. The molecule has 0 radical (unpaired) electrons. The topological polar surface area (TPSA) is 94.8 Å². The van der Waals surface area contributed by atoms with Gasteiger partial charge in [0.1, 0.15) is 0 Å². The molecule has 1 heterocycles. The Balaban J connectivity index is 1.66. The molecule has 8 nitrogen and oxygen atoms in total. The van der Waals surface area contributed by atoms with Gasteiger partial charge in [-0.25, -0.2) is 10.1 Å². The lowest BCUT2D eigenvalue weighted by molar-refractivity contribution is 0.0949. The molecule has 0 aliphatic carbocycles. The predicted molar refractivity (Wildman–Crippen MR) is 126 cm³/mol. The van der Waals surface area contributed by atoms with E-state index in [-0.39, 0.29) is 17.8 Å². The van der Waals surface area contributed by atoms with E-state index in [0.717, 1.165) is 5.56 Å². The maximum Gasteiger partial charge on any atom is 0.292 e. The van der Waals surface area contributed by atoms with Crippen LogP contribution in [0.25, 0.3) is 10.8 Å². The third-order valence-corrected chi connectivity index (χ3v) is 5.06. The van der Waals surface area contributed by atoms with Gasteiger partial charge in [0, 0.05) is 10.9 Å². The lowest BCUT2D eigenvalue weighted by Gasteiger charge is -2.11. The zero-order chi connectivity index (χ0) is 23.2. The first-order valence-corrected chi connectivity index (χ1v) is 10.2. The van der Waals surface area contributed by atoms with Crippen LogP contribution >= 0.6 is 0 Å². The average Bonchev–Trinajstić information content (AvgIpc) is 2.86. The van der Waals surface area contributed by atoms with E-state index in [4.69, 9.17) is 9.47 Å². The first-order chi connectivity index (χ1) is 16.1. The highest BCUT2D eigenvalue weighted by Gasteiger charge is 2.16. The number of nitrogens with zero attached hydrogens (tertiary/aromatic N) is 3. The lowest BCUT2D eigenvalue weighted by Crippen LogP contribution is -2.29. The molecule has 1 N–H and O–H groups in total. The van der Waals surface area contributed by atoms with Crippen LogP contribution in [0.1, 0.15) is 21.6 Å². The number of hydrogen-bond donors (Lipinski definition) is 1. The summed E-state index contributed by atoms with van der Waals surface area (Å²) in [5, 5.41) is 9.28. The number of benzene rings is 3. The third kappa shape index (κ3) is 4.59. The zero-order valence-corrected chi connectivity index (χ0v) is 18.2. The molecule has 1 aromatic heterocycles. The van der Waals surface area contributed by atoms with Crippen LogP contribution in [0.5, 0.6) is 11.5 Å². The van der Waals surface area contributed by atoms with Crippen molar-refractivity contribution in [1.82, 2.24) is 15.2 Å². The smallest absolute Gasteiger partial charge is 0.292 e. The summed E-state index contributed by atoms with van der Waals surface area (Å²) in [4.78, 5) is 25.9. The summed E-state index contributed by atoms with van der Waals surface area (Å²) in [5.74, 6) is 0.512. The number of carbonyl (C=O) groups excluding carboxylic acids is 1. The van der Waals surface area contributed by atoms with Gasteiger partial charge in [0.2, 0.25) is 0 Å². The number of fused-ring (bicyclic) bond motifs is 1. The quantitative estimate of drug-likeness (QED) is 0.350. The molecule has 0 fully saturated rings. The van der Waals surface area contributed by atoms with E-state index in [9.17, 15) is 9.59 Å². The first kappa shape index (κ1) is 21.8. The van der Waals surface area contributed by atoms with Gasteiger partial charge in [-0.3, -0.25) is 9.59 Å². The van der Waals surface area contributed by atoms with Crippen LogP contribution in [0.4, 0.5) is 0 Å². The molecule has 4 rings (SSSR count). The minimum Gasteiger partial charge on any atom is -0.493 e. The number of methoxy groups -OCH3 is 2. The number of hydrogen-bond acceptors (Lipinski definition) is 6. The number of para-hydroxylation sites is 1. The van der Waals surface area contributed by atoms with E-state index in [2.05, 4.69) is 15.6 Å². The van der Waals surface area contributed by atoms with Crippen molar-refractivity contribution < 1.29 is 14.3 Å². The van der Waals surface area contributed by atoms with Crippen LogP contribution in [0.2, 0.25) is 0 Å². The van der Waals surface area contributed by atoms with Crippen LogP contribution < -0.4 is 20.5 Å². The molecule has 1 amide bonds. The van der Waals surface area contributed by atoms with Gasteiger partial charge in [-0.15, -0.1) is 0 Å². The molecule has 8 heteroatoms. The standard InChI is InChI=1S/C25H22N4O4/c1-32-21-14-8-11-18(23(21)33-2)15-26-27-24(30)22-19-12-6-7-13-20(19)25(31)29(28-22)16-17-9-4-3-5-10-17/h3-15H,16H2,1-2H3,(H,27,30)/b26-15+. The number of amides is 1. The van der Waals surface area contributed by atoms with E-state index in [1.165, 1.54) is 18.0 Å². The van der Waals surface area contributed by atoms with Crippen molar-refractivity contribution in [3.8, 4) is 11.5 Å². The Labute approximate surface area is 190 Å². The fourth-order valence-electron chi connectivity index (χ4n) is 3.49. The Kier molecular flexibility index (Phi) is 6.45. The highest BCUT2D eigenvalue weighted by atomic mass is 16.5. The Hall–Kier alpha value is -4.46. The molecule has 4 aromatic rings. The highest BCUT2D eigenvalue weighted by Crippen LogP contribution is 2.29. The predicted octanol–water partition coefficient (Wildman–Crippen LogP) is 3.23. The van der Waals surface area contributed by atoms with Crippen molar-refractivity contribution >= 4 is 22.9 Å². The molecule has 0 saturated carbocycles. The molecule has 0 unspecified atom stereocenters. The second-order valence-electron chi connectivity index (χ2n) is 7.12. The van der Waals surface area contributed by atoms with Crippen LogP contribution in [0.15, 0.2) is 82.7 Å². The summed E-state index contributed by atoms with van der Waals surface area (Å²) in [6.45, 7) is 0.245. The second-order valence-corrected chi connectivity index (χ2v) is 7.12.